The molecule has 4 saturated carbocycles. The van der Waals surface area contributed by atoms with Crippen LogP contribution in [0.15, 0.2) is 12.2 Å². The van der Waals surface area contributed by atoms with Gasteiger partial charge in [0.2, 0.25) is 0 Å². The van der Waals surface area contributed by atoms with E-state index in [-0.39, 0.29) is 36.5 Å². The zero-order valence-electron chi connectivity index (χ0n) is 29.5. The van der Waals surface area contributed by atoms with Crippen molar-refractivity contribution in [3.05, 3.63) is 12.2 Å². The predicted molar refractivity (Wildman–Crippen MR) is 174 cm³/mol. The lowest BCUT2D eigenvalue weighted by Gasteiger charge is -2.62. The minimum atomic E-state index is -1.85. The molecule has 1 spiro atoms. The number of aliphatic carboxylic acids is 1. The molecule has 290 valence electrons. The monoisotopic (exact) mass is 728 g/mol. The maximum absolute atomic E-state index is 13.2. The Morgan fingerprint density at radius 2 is 1.55 bits per heavy atom. The average Bonchev–Trinajstić information content (AvgIpc) is 3.25. The summed E-state index contributed by atoms with van der Waals surface area (Å²) in [7, 11) is 0. The number of carboxylic acids is 1. The first kappa shape index (κ1) is 38.9. The minimum Gasteiger partial charge on any atom is -0.481 e. The van der Waals surface area contributed by atoms with Gasteiger partial charge in [0.1, 0.15) is 42.7 Å². The fraction of sp³-hybridized carbons (Fsp3) is 0.889. The largest absolute Gasteiger partial charge is 0.481 e. The number of hydrogen-bond donors (Lipinski definition) is 8. The van der Waals surface area contributed by atoms with Crippen LogP contribution in [-0.4, -0.2) is 140 Å². The molecule has 2 saturated heterocycles. The molecule has 15 heteroatoms. The number of aliphatic hydroxyl groups excluding tert-OH is 7. The molecule has 8 N–H and O–H groups in total. The van der Waals surface area contributed by atoms with Gasteiger partial charge in [-0.3, -0.25) is 9.59 Å². The number of carboxylic acid groups (broad SMARTS) is 1. The molecule has 2 bridgehead atoms. The van der Waals surface area contributed by atoms with Crippen LogP contribution < -0.4 is 0 Å². The molecule has 2 aliphatic heterocycles. The number of carbonyl (C=O) groups excluding carboxylic acids is 1. The van der Waals surface area contributed by atoms with Gasteiger partial charge in [0, 0.05) is 11.8 Å². The van der Waals surface area contributed by atoms with Crippen molar-refractivity contribution in [3.63, 3.8) is 0 Å². The third-order valence-corrected chi connectivity index (χ3v) is 13.2. The van der Waals surface area contributed by atoms with Crippen molar-refractivity contribution in [1.29, 1.82) is 0 Å². The molecule has 2 heterocycles. The first-order valence-corrected chi connectivity index (χ1v) is 18.4. The molecule has 51 heavy (non-hydrogen) atoms. The van der Waals surface area contributed by atoms with Crippen molar-refractivity contribution >= 4 is 11.9 Å². The van der Waals surface area contributed by atoms with Crippen LogP contribution in [0.5, 0.6) is 0 Å². The van der Waals surface area contributed by atoms with Gasteiger partial charge in [-0.25, -0.2) is 0 Å². The van der Waals surface area contributed by atoms with Gasteiger partial charge >= 0.3 is 11.9 Å². The van der Waals surface area contributed by atoms with Gasteiger partial charge in [-0.1, -0.05) is 27.4 Å². The molecule has 0 aromatic heterocycles. The fourth-order valence-corrected chi connectivity index (χ4v) is 10.8. The molecule has 6 fully saturated rings. The number of ether oxygens (including phenoxy) is 5. The molecule has 6 aliphatic rings. The van der Waals surface area contributed by atoms with E-state index < -0.39 is 116 Å². The maximum Gasteiger partial charge on any atom is 0.306 e. The summed E-state index contributed by atoms with van der Waals surface area (Å²) in [6, 6.07) is 0. The third kappa shape index (κ3) is 6.79. The smallest absolute Gasteiger partial charge is 0.306 e. The summed E-state index contributed by atoms with van der Waals surface area (Å²) in [4.78, 5) is 26.0. The molecule has 0 aromatic carbocycles. The number of esters is 1. The third-order valence-electron chi connectivity index (χ3n) is 13.2. The van der Waals surface area contributed by atoms with E-state index in [0.29, 0.717) is 12.8 Å². The van der Waals surface area contributed by atoms with Gasteiger partial charge < -0.3 is 64.5 Å². The zero-order chi connectivity index (χ0) is 37.2. The van der Waals surface area contributed by atoms with E-state index in [1.165, 1.54) is 0 Å². The summed E-state index contributed by atoms with van der Waals surface area (Å²) in [6.07, 6.45) is -13.1. The molecule has 0 aromatic rings. The normalized spacial score (nSPS) is 49.7. The second-order valence-corrected chi connectivity index (χ2v) is 16.6. The number of aliphatic hydroxyl groups is 7. The predicted octanol–water partition coefficient (Wildman–Crippen LogP) is -0.163. The Kier molecular flexibility index (Phi) is 11.3. The lowest BCUT2D eigenvalue weighted by atomic mass is 9.43. The Bertz CT molecular complexity index is 1290. The first-order chi connectivity index (χ1) is 24.1. The highest BCUT2D eigenvalue weighted by Gasteiger charge is 2.67. The number of fused-ring (bicyclic) bond motifs is 3. The molecule has 18 atom stereocenters. The lowest BCUT2D eigenvalue weighted by molar-refractivity contribution is -0.366. The van der Waals surface area contributed by atoms with Crippen LogP contribution in [0.2, 0.25) is 0 Å². The van der Waals surface area contributed by atoms with Gasteiger partial charge in [0.15, 0.2) is 18.7 Å². The van der Waals surface area contributed by atoms with E-state index in [4.69, 9.17) is 23.7 Å². The summed E-state index contributed by atoms with van der Waals surface area (Å²) in [6.45, 7) is 8.46. The fourth-order valence-electron chi connectivity index (χ4n) is 10.8. The van der Waals surface area contributed by atoms with Crippen LogP contribution in [0.4, 0.5) is 0 Å². The van der Waals surface area contributed by atoms with E-state index in [9.17, 15) is 50.4 Å². The molecule has 0 radical (unpaired) electrons. The molecule has 6 rings (SSSR count). The quantitative estimate of drug-likeness (QED) is 0.0828. The van der Waals surface area contributed by atoms with Gasteiger partial charge in [-0.2, -0.15) is 0 Å². The van der Waals surface area contributed by atoms with Gasteiger partial charge in [0.25, 0.3) is 0 Å². The van der Waals surface area contributed by atoms with Crippen LogP contribution in [0.25, 0.3) is 0 Å². The summed E-state index contributed by atoms with van der Waals surface area (Å²) in [5, 5.41) is 84.8. The van der Waals surface area contributed by atoms with Crippen LogP contribution in [0, 0.1) is 40.4 Å². The Balaban J connectivity index is 1.31. The average molecular weight is 729 g/mol. The Hall–Kier alpha value is -1.76. The van der Waals surface area contributed by atoms with E-state index in [2.05, 4.69) is 13.5 Å². The van der Waals surface area contributed by atoms with Crippen LogP contribution in [0.3, 0.4) is 0 Å². The van der Waals surface area contributed by atoms with Gasteiger partial charge in [0.05, 0.1) is 31.3 Å². The van der Waals surface area contributed by atoms with Gasteiger partial charge in [-0.05, 0) is 79.6 Å². The molecular weight excluding hydrogens is 672 g/mol. The van der Waals surface area contributed by atoms with Crippen LogP contribution >= 0.6 is 0 Å². The van der Waals surface area contributed by atoms with E-state index >= 15 is 0 Å². The van der Waals surface area contributed by atoms with Gasteiger partial charge in [-0.15, -0.1) is 0 Å². The van der Waals surface area contributed by atoms with E-state index in [1.807, 2.05) is 0 Å². The van der Waals surface area contributed by atoms with Crippen molar-refractivity contribution in [2.45, 2.75) is 146 Å². The van der Waals surface area contributed by atoms with Crippen LogP contribution in [0.1, 0.15) is 72.1 Å². The topological polar surface area (TPSA) is 242 Å². The molecule has 0 unspecified atom stereocenters. The van der Waals surface area contributed by atoms with Crippen LogP contribution in [-0.2, 0) is 33.3 Å². The zero-order valence-corrected chi connectivity index (χ0v) is 29.5. The van der Waals surface area contributed by atoms with Crippen molar-refractivity contribution < 1.29 is 74.1 Å². The Morgan fingerprint density at radius 3 is 2.20 bits per heavy atom. The van der Waals surface area contributed by atoms with Crippen molar-refractivity contribution in [2.75, 3.05) is 13.2 Å². The molecular formula is C36H56O15. The highest BCUT2D eigenvalue weighted by atomic mass is 16.7. The molecule has 15 nitrogen and oxygen atoms in total. The molecule has 0 amide bonds. The second kappa shape index (κ2) is 14.8. The standard InChI is InChI=1S/C36H56O15/c1-15(2)9-24(39)50-30-29(51-33-28(43)27(42)25(40)21(13-37)48-33)26(41)22(14-38)49-34(30)47-18-10-19(32(45)46)20-7-8-36-11-17(16(3)31(36)44)5-6-23(36)35(20,4)12-18/h15,17-23,25-31,33-34,37-38,40-44H,3,5-14H2,1-2,4H3,(H,45,46)/t17-,18-,19-,20-,21-,22-,23+,25-,26-,27+,28-,29+,30-,31+,33+,34+,35-,36-/m1/s1. The number of rotatable bonds is 10. The Morgan fingerprint density at radius 1 is 0.882 bits per heavy atom. The van der Waals surface area contributed by atoms with Crippen molar-refractivity contribution in [3.8, 4) is 0 Å². The summed E-state index contributed by atoms with van der Waals surface area (Å²) in [5.41, 5.74) is -0.0942. The highest BCUT2D eigenvalue weighted by molar-refractivity contribution is 5.71. The summed E-state index contributed by atoms with van der Waals surface area (Å²) in [5.74, 6) is -2.49. The second-order valence-electron chi connectivity index (χ2n) is 16.6. The summed E-state index contributed by atoms with van der Waals surface area (Å²) < 4.78 is 30.0. The first-order valence-electron chi connectivity index (χ1n) is 18.4. The van der Waals surface area contributed by atoms with E-state index in [0.717, 1.165) is 31.3 Å². The molecule has 4 aliphatic carbocycles. The minimum absolute atomic E-state index is 0.00345. The van der Waals surface area contributed by atoms with Crippen molar-refractivity contribution in [1.82, 2.24) is 0 Å². The SMILES string of the molecule is C=C1[C@@H]2CC[C@H]3[C@]4(C)C[C@H](O[C@H]5O[C@H](CO)[C@@H](O)[C@H](O[C@@H]6O[C@H](CO)[C@@H](O)[C@H](O)[C@H]6O)[C@H]5OC(=O)CC(C)C)C[C@@H](C(=O)O)[C@H]4CC[C@]3(C2)[C@H]1O. The lowest BCUT2D eigenvalue weighted by Crippen LogP contribution is -2.66. The van der Waals surface area contributed by atoms with Crippen molar-refractivity contribution in [2.24, 2.45) is 40.4 Å². The number of carbonyl (C=O) groups is 2. The highest BCUT2D eigenvalue weighted by Crippen LogP contribution is 2.70. The van der Waals surface area contributed by atoms with E-state index in [1.54, 1.807) is 13.8 Å². The Labute approximate surface area is 297 Å². The maximum atomic E-state index is 13.2. The summed E-state index contributed by atoms with van der Waals surface area (Å²) >= 11 is 0. The number of hydrogen-bond acceptors (Lipinski definition) is 14.